The number of ether oxygens (including phenoxy) is 1. The summed E-state index contributed by atoms with van der Waals surface area (Å²) in [6, 6.07) is 25.6. The number of methoxy groups -OCH3 is 1. The van der Waals surface area contributed by atoms with E-state index >= 15 is 0 Å². The van der Waals surface area contributed by atoms with Crippen LogP contribution < -0.4 is 4.74 Å². The van der Waals surface area contributed by atoms with Crippen molar-refractivity contribution in [3.63, 3.8) is 0 Å². The first-order valence-electron chi connectivity index (χ1n) is 7.53. The largest absolute Gasteiger partial charge is 0.497 e. The van der Waals surface area contributed by atoms with E-state index in [0.29, 0.717) is 0 Å². The molecule has 1 nitrogen and oxygen atoms in total. The van der Waals surface area contributed by atoms with Gasteiger partial charge in [0.15, 0.2) is 0 Å². The van der Waals surface area contributed by atoms with E-state index < -0.39 is 0 Å². The minimum Gasteiger partial charge on any atom is -0.497 e. The Kier molecular flexibility index (Phi) is 3.69. The summed E-state index contributed by atoms with van der Waals surface area (Å²) in [7, 11) is 1.70. The molecule has 0 atom stereocenters. The second-order valence-corrected chi connectivity index (χ2v) is 6.59. The van der Waals surface area contributed by atoms with E-state index in [2.05, 4.69) is 83.3 Å². The highest BCUT2D eigenvalue weighted by atomic mass is 127. The molecule has 0 saturated carbocycles. The molecule has 0 heterocycles. The number of fused-ring (bicyclic) bond motifs is 3. The van der Waals surface area contributed by atoms with Crippen molar-refractivity contribution in [3.05, 3.63) is 76.4 Å². The molecule has 0 amide bonds. The molecule has 0 N–H and O–H groups in total. The van der Waals surface area contributed by atoms with Gasteiger partial charge in [0, 0.05) is 9.13 Å². The van der Waals surface area contributed by atoms with Gasteiger partial charge in [-0.3, -0.25) is 0 Å². The summed E-state index contributed by atoms with van der Waals surface area (Å²) >= 11 is 2.48. The van der Waals surface area contributed by atoms with Crippen molar-refractivity contribution in [3.8, 4) is 16.9 Å². The molecule has 4 aromatic carbocycles. The van der Waals surface area contributed by atoms with Gasteiger partial charge in [-0.15, -0.1) is 0 Å². The van der Waals surface area contributed by atoms with Crippen LogP contribution in [-0.2, 0) is 0 Å². The lowest BCUT2D eigenvalue weighted by Gasteiger charge is -2.14. The number of hydrogen-bond donors (Lipinski definition) is 0. The van der Waals surface area contributed by atoms with Crippen LogP contribution in [0.1, 0.15) is 0 Å². The number of benzene rings is 4. The third kappa shape index (κ3) is 2.38. The molecule has 0 aliphatic heterocycles. The topological polar surface area (TPSA) is 9.23 Å². The second-order valence-electron chi connectivity index (χ2n) is 5.51. The van der Waals surface area contributed by atoms with Crippen molar-refractivity contribution in [2.24, 2.45) is 0 Å². The van der Waals surface area contributed by atoms with E-state index in [-0.39, 0.29) is 0 Å². The first-order chi connectivity index (χ1) is 11.3. The smallest absolute Gasteiger partial charge is 0.118 e. The fourth-order valence-electron chi connectivity index (χ4n) is 3.14. The van der Waals surface area contributed by atoms with Gasteiger partial charge in [-0.2, -0.15) is 0 Å². The Morgan fingerprint density at radius 1 is 0.652 bits per heavy atom. The summed E-state index contributed by atoms with van der Waals surface area (Å²) in [5, 5.41) is 5.21. The number of halogens is 1. The van der Waals surface area contributed by atoms with Crippen molar-refractivity contribution >= 4 is 44.1 Å². The zero-order valence-electron chi connectivity index (χ0n) is 12.7. The van der Waals surface area contributed by atoms with Gasteiger partial charge in [0.2, 0.25) is 0 Å². The third-order valence-electron chi connectivity index (χ3n) is 4.25. The Morgan fingerprint density at radius 2 is 1.17 bits per heavy atom. The van der Waals surface area contributed by atoms with Gasteiger partial charge in [0.05, 0.1) is 7.11 Å². The lowest BCUT2D eigenvalue weighted by molar-refractivity contribution is 0.415. The molecule has 0 unspecified atom stereocenters. The fraction of sp³-hybridized carbons (Fsp3) is 0.0476. The molecule has 4 aromatic rings. The van der Waals surface area contributed by atoms with Gasteiger partial charge < -0.3 is 4.74 Å². The van der Waals surface area contributed by atoms with Crippen LogP contribution in [0.4, 0.5) is 0 Å². The summed E-state index contributed by atoms with van der Waals surface area (Å²) in [4.78, 5) is 0. The van der Waals surface area contributed by atoms with Gasteiger partial charge in [-0.25, -0.2) is 0 Å². The molecule has 0 bridgehead atoms. The monoisotopic (exact) mass is 410 g/mol. The second kappa shape index (κ2) is 5.85. The van der Waals surface area contributed by atoms with Crippen LogP contribution in [0, 0.1) is 3.57 Å². The van der Waals surface area contributed by atoms with Crippen LogP contribution in [0.25, 0.3) is 32.7 Å². The predicted molar refractivity (Wildman–Crippen MR) is 106 cm³/mol. The van der Waals surface area contributed by atoms with E-state index in [1.807, 2.05) is 12.1 Å². The van der Waals surface area contributed by atoms with Crippen LogP contribution in [0.15, 0.2) is 72.8 Å². The predicted octanol–water partition coefficient (Wildman–Crippen LogP) is 6.27. The van der Waals surface area contributed by atoms with Crippen molar-refractivity contribution in [2.45, 2.75) is 0 Å². The molecule has 4 rings (SSSR count). The molecular formula is C21H15IO. The minimum atomic E-state index is 0.883. The molecule has 0 aliphatic carbocycles. The molecule has 2 heteroatoms. The lowest BCUT2D eigenvalue weighted by atomic mass is 9.93. The molecule has 0 saturated heterocycles. The maximum Gasteiger partial charge on any atom is 0.118 e. The number of rotatable bonds is 2. The van der Waals surface area contributed by atoms with Crippen molar-refractivity contribution in [1.82, 2.24) is 0 Å². The van der Waals surface area contributed by atoms with Crippen LogP contribution in [0.3, 0.4) is 0 Å². The summed E-state index contributed by atoms with van der Waals surface area (Å²) in [6.45, 7) is 0. The highest BCUT2D eigenvalue weighted by Crippen LogP contribution is 2.39. The Bertz CT molecular complexity index is 1000. The first-order valence-corrected chi connectivity index (χ1v) is 8.61. The summed E-state index contributed by atoms with van der Waals surface area (Å²) in [5.74, 6) is 0.883. The molecule has 0 fully saturated rings. The molecule has 112 valence electrons. The highest BCUT2D eigenvalue weighted by Gasteiger charge is 2.13. The molecule has 0 radical (unpaired) electrons. The third-order valence-corrected chi connectivity index (χ3v) is 5.37. The summed E-state index contributed by atoms with van der Waals surface area (Å²) in [5.41, 5.74) is 2.51. The zero-order valence-corrected chi connectivity index (χ0v) is 14.9. The Labute approximate surface area is 149 Å². The van der Waals surface area contributed by atoms with Gasteiger partial charge in [-0.05, 0) is 61.8 Å². The summed E-state index contributed by atoms with van der Waals surface area (Å²) < 4.78 is 6.58. The van der Waals surface area contributed by atoms with Crippen molar-refractivity contribution in [1.29, 1.82) is 0 Å². The SMILES string of the molecule is COc1ccc(-c2c(I)c3ccccc3c3ccccc23)cc1. The van der Waals surface area contributed by atoms with Crippen molar-refractivity contribution < 1.29 is 4.74 Å². The molecule has 0 aliphatic rings. The maximum absolute atomic E-state index is 5.29. The van der Waals surface area contributed by atoms with Gasteiger partial charge >= 0.3 is 0 Å². The van der Waals surface area contributed by atoms with Gasteiger partial charge in [-0.1, -0.05) is 60.7 Å². The molecular weight excluding hydrogens is 395 g/mol. The van der Waals surface area contributed by atoms with Crippen LogP contribution in [-0.4, -0.2) is 7.11 Å². The van der Waals surface area contributed by atoms with E-state index in [1.165, 1.54) is 36.2 Å². The fourth-order valence-corrected chi connectivity index (χ4v) is 4.21. The van der Waals surface area contributed by atoms with Crippen LogP contribution >= 0.6 is 22.6 Å². The van der Waals surface area contributed by atoms with E-state index in [9.17, 15) is 0 Å². The number of hydrogen-bond acceptors (Lipinski definition) is 1. The molecule has 23 heavy (non-hydrogen) atoms. The minimum absolute atomic E-state index is 0.883. The standard InChI is InChI=1S/C21H15IO/c1-23-15-12-10-14(11-13-15)20-18-8-4-2-6-16(18)17-7-3-5-9-19(17)21(20)22/h2-13H,1H3. The zero-order chi connectivity index (χ0) is 15.8. The summed E-state index contributed by atoms with van der Waals surface area (Å²) in [6.07, 6.45) is 0. The molecule has 0 spiro atoms. The van der Waals surface area contributed by atoms with Gasteiger partial charge in [0.25, 0.3) is 0 Å². The highest BCUT2D eigenvalue weighted by molar-refractivity contribution is 14.1. The molecule has 0 aromatic heterocycles. The Balaban J connectivity index is 2.13. The average molecular weight is 410 g/mol. The first kappa shape index (κ1) is 14.5. The van der Waals surface area contributed by atoms with Gasteiger partial charge in [0.1, 0.15) is 5.75 Å². The Hall–Kier alpha value is -2.07. The van der Waals surface area contributed by atoms with E-state index in [0.717, 1.165) is 5.75 Å². The lowest BCUT2D eigenvalue weighted by Crippen LogP contribution is -1.90. The normalized spacial score (nSPS) is 11.0. The van der Waals surface area contributed by atoms with Crippen LogP contribution in [0.2, 0.25) is 0 Å². The Morgan fingerprint density at radius 3 is 1.78 bits per heavy atom. The van der Waals surface area contributed by atoms with Crippen molar-refractivity contribution in [2.75, 3.05) is 7.11 Å². The quantitative estimate of drug-likeness (QED) is 0.280. The van der Waals surface area contributed by atoms with E-state index in [1.54, 1.807) is 7.11 Å². The average Bonchev–Trinajstić information content (AvgIpc) is 2.63. The van der Waals surface area contributed by atoms with Crippen LogP contribution in [0.5, 0.6) is 5.75 Å². The van der Waals surface area contributed by atoms with E-state index in [4.69, 9.17) is 4.74 Å². The maximum atomic E-state index is 5.29.